The molecule has 0 radical (unpaired) electrons. The molecule has 2 heterocycles. The van der Waals surface area contributed by atoms with Gasteiger partial charge < -0.3 is 4.74 Å². The molecule has 5 rings (SSSR count). The molecule has 1 aromatic heterocycles. The standard InChI is InChI=1S/C28H27N2O/c1-16-11-19-12-18(15-28(3,4)5)13-23-26(19)25(17(16)2)27-24(31-23)14-20-21(29-6)9-8-10-22(20)30(27)7/h8-14H,15H2,1-5,7H3/q+1. The molecule has 4 aromatic rings. The van der Waals surface area contributed by atoms with Crippen LogP contribution in [0.3, 0.4) is 0 Å². The maximum atomic E-state index is 7.59. The number of hydrogen-bond donors (Lipinski definition) is 0. The van der Waals surface area contributed by atoms with E-state index in [1.165, 1.54) is 33.0 Å². The summed E-state index contributed by atoms with van der Waals surface area (Å²) in [5.74, 6) is 1.74. The number of aromatic nitrogens is 1. The Morgan fingerprint density at radius 1 is 1.03 bits per heavy atom. The Hall–Kier alpha value is -3.38. The lowest BCUT2D eigenvalue weighted by molar-refractivity contribution is -0.633. The summed E-state index contributed by atoms with van der Waals surface area (Å²) in [5.41, 5.74) is 8.06. The lowest BCUT2D eigenvalue weighted by atomic mass is 9.85. The van der Waals surface area contributed by atoms with E-state index in [1.807, 2.05) is 18.2 Å². The topological polar surface area (TPSA) is 17.5 Å². The Morgan fingerprint density at radius 3 is 2.52 bits per heavy atom. The van der Waals surface area contributed by atoms with Crippen LogP contribution in [-0.2, 0) is 13.5 Å². The van der Waals surface area contributed by atoms with Crippen LogP contribution in [0, 0.1) is 25.8 Å². The van der Waals surface area contributed by atoms with E-state index in [4.69, 9.17) is 11.3 Å². The van der Waals surface area contributed by atoms with E-state index in [9.17, 15) is 0 Å². The predicted octanol–water partition coefficient (Wildman–Crippen LogP) is 7.35. The van der Waals surface area contributed by atoms with E-state index in [2.05, 4.69) is 75.3 Å². The van der Waals surface area contributed by atoms with Crippen molar-refractivity contribution in [1.29, 1.82) is 0 Å². The van der Waals surface area contributed by atoms with Crippen LogP contribution in [-0.4, -0.2) is 0 Å². The minimum Gasteiger partial charge on any atom is -0.450 e. The Morgan fingerprint density at radius 2 is 1.81 bits per heavy atom. The van der Waals surface area contributed by atoms with Gasteiger partial charge in [0.25, 0.3) is 5.69 Å². The van der Waals surface area contributed by atoms with E-state index < -0.39 is 0 Å². The van der Waals surface area contributed by atoms with Gasteiger partial charge >= 0.3 is 0 Å². The molecule has 0 fully saturated rings. The van der Waals surface area contributed by atoms with E-state index in [0.717, 1.165) is 34.5 Å². The monoisotopic (exact) mass is 407 g/mol. The summed E-state index contributed by atoms with van der Waals surface area (Å²) in [6.07, 6.45) is 0.988. The Kier molecular flexibility index (Phi) is 4.14. The quantitative estimate of drug-likeness (QED) is 0.210. The van der Waals surface area contributed by atoms with Gasteiger partial charge in [-0.05, 0) is 59.9 Å². The molecule has 0 N–H and O–H groups in total. The molecule has 31 heavy (non-hydrogen) atoms. The Balaban J connectivity index is 1.90. The summed E-state index contributed by atoms with van der Waals surface area (Å²) in [6.45, 7) is 18.8. The van der Waals surface area contributed by atoms with E-state index in [-0.39, 0.29) is 5.41 Å². The molecule has 0 aliphatic carbocycles. The highest BCUT2D eigenvalue weighted by atomic mass is 16.5. The molecule has 0 unspecified atom stereocenters. The molecule has 0 spiro atoms. The number of rotatable bonds is 1. The van der Waals surface area contributed by atoms with Crippen molar-refractivity contribution in [2.24, 2.45) is 12.5 Å². The van der Waals surface area contributed by atoms with E-state index in [0.29, 0.717) is 5.69 Å². The number of benzene rings is 3. The van der Waals surface area contributed by atoms with Crippen LogP contribution >= 0.6 is 0 Å². The van der Waals surface area contributed by atoms with Gasteiger partial charge in [0.2, 0.25) is 11.2 Å². The van der Waals surface area contributed by atoms with Gasteiger partial charge in [-0.3, -0.25) is 0 Å². The maximum absolute atomic E-state index is 7.59. The third kappa shape index (κ3) is 2.98. The molecule has 3 aromatic carbocycles. The highest BCUT2D eigenvalue weighted by Crippen LogP contribution is 2.49. The lowest BCUT2D eigenvalue weighted by Gasteiger charge is -2.25. The number of ether oxygens (including phenoxy) is 1. The normalized spacial score (nSPS) is 12.5. The average molecular weight is 408 g/mol. The van der Waals surface area contributed by atoms with Crippen molar-refractivity contribution in [3.8, 4) is 22.8 Å². The fraction of sp³-hybridized carbons (Fsp3) is 0.286. The first-order valence-electron chi connectivity index (χ1n) is 10.8. The van der Waals surface area contributed by atoms with Gasteiger partial charge in [-0.1, -0.05) is 45.0 Å². The van der Waals surface area contributed by atoms with Crippen molar-refractivity contribution < 1.29 is 9.30 Å². The maximum Gasteiger partial charge on any atom is 0.256 e. The third-order valence-corrected chi connectivity index (χ3v) is 6.36. The number of pyridine rings is 1. The van der Waals surface area contributed by atoms with Gasteiger partial charge in [0.1, 0.15) is 12.8 Å². The third-order valence-electron chi connectivity index (χ3n) is 6.36. The first kappa shape index (κ1) is 19.6. The van der Waals surface area contributed by atoms with Crippen molar-refractivity contribution in [2.75, 3.05) is 0 Å². The van der Waals surface area contributed by atoms with Crippen LogP contribution in [0.25, 0.3) is 37.8 Å². The summed E-state index contributed by atoms with van der Waals surface area (Å²) in [5, 5.41) is 3.34. The van der Waals surface area contributed by atoms with Crippen molar-refractivity contribution in [3.05, 3.63) is 70.6 Å². The second-order valence-electron chi connectivity index (χ2n) is 9.96. The summed E-state index contributed by atoms with van der Waals surface area (Å²) in [4.78, 5) is 3.74. The summed E-state index contributed by atoms with van der Waals surface area (Å²) >= 11 is 0. The molecule has 1 aliphatic rings. The highest BCUT2D eigenvalue weighted by molar-refractivity contribution is 6.06. The first-order valence-corrected chi connectivity index (χ1v) is 10.8. The SMILES string of the molecule is [C-]#[N+]c1cccc2c1cc1c([n+]2C)-c2c(C)c(C)cc3cc(CC(C)(C)C)cc(c23)O1. The van der Waals surface area contributed by atoms with Gasteiger partial charge in [0.05, 0.1) is 17.5 Å². The molecule has 0 saturated carbocycles. The largest absolute Gasteiger partial charge is 0.450 e. The van der Waals surface area contributed by atoms with Gasteiger partial charge in [-0.25, -0.2) is 4.85 Å². The van der Waals surface area contributed by atoms with E-state index in [1.54, 1.807) is 0 Å². The van der Waals surface area contributed by atoms with Gasteiger partial charge in [-0.2, -0.15) is 4.57 Å². The van der Waals surface area contributed by atoms with Crippen LogP contribution in [0.5, 0.6) is 11.5 Å². The molecule has 0 saturated heterocycles. The van der Waals surface area contributed by atoms with Crippen LogP contribution in [0.4, 0.5) is 5.69 Å². The van der Waals surface area contributed by atoms with Crippen LogP contribution in [0.1, 0.15) is 37.5 Å². The molecule has 0 atom stereocenters. The zero-order valence-corrected chi connectivity index (χ0v) is 19.1. The second kappa shape index (κ2) is 6.56. The zero-order valence-electron chi connectivity index (χ0n) is 19.1. The summed E-state index contributed by atoms with van der Waals surface area (Å²) in [7, 11) is 2.07. The second-order valence-corrected chi connectivity index (χ2v) is 9.96. The molecule has 1 aliphatic heterocycles. The molecule has 0 amide bonds. The fourth-order valence-corrected chi connectivity index (χ4v) is 4.95. The fourth-order valence-electron chi connectivity index (χ4n) is 4.95. The molecule has 154 valence electrons. The summed E-state index contributed by atoms with van der Waals surface area (Å²) < 4.78 is 8.75. The van der Waals surface area contributed by atoms with E-state index >= 15 is 0 Å². The molecule has 0 bridgehead atoms. The van der Waals surface area contributed by atoms with Crippen molar-refractivity contribution in [3.63, 3.8) is 0 Å². The van der Waals surface area contributed by atoms with Crippen molar-refractivity contribution in [1.82, 2.24) is 0 Å². The molecule has 3 nitrogen and oxygen atoms in total. The minimum absolute atomic E-state index is 0.197. The lowest BCUT2D eigenvalue weighted by Crippen LogP contribution is -2.33. The minimum atomic E-state index is 0.197. The molecular weight excluding hydrogens is 380 g/mol. The highest BCUT2D eigenvalue weighted by Gasteiger charge is 2.32. The predicted molar refractivity (Wildman–Crippen MR) is 127 cm³/mol. The summed E-state index contributed by atoms with van der Waals surface area (Å²) in [6, 6.07) is 14.8. The molecule has 3 heteroatoms. The van der Waals surface area contributed by atoms with Gasteiger partial charge in [0.15, 0.2) is 5.75 Å². The zero-order chi connectivity index (χ0) is 22.1. The number of fused-ring (bicyclic) bond motifs is 3. The number of nitrogens with zero attached hydrogens (tertiary/aromatic N) is 2. The van der Waals surface area contributed by atoms with Gasteiger partial charge in [-0.15, -0.1) is 0 Å². The van der Waals surface area contributed by atoms with Crippen LogP contribution in [0.15, 0.2) is 42.5 Å². The number of hydrogen-bond acceptors (Lipinski definition) is 1. The van der Waals surface area contributed by atoms with Crippen LogP contribution in [0.2, 0.25) is 0 Å². The smallest absolute Gasteiger partial charge is 0.256 e. The Labute approximate surface area is 183 Å². The molecular formula is C28H27N2O+. The van der Waals surface area contributed by atoms with Crippen molar-refractivity contribution >= 4 is 27.4 Å². The van der Waals surface area contributed by atoms with Crippen molar-refractivity contribution in [2.45, 2.75) is 41.0 Å². The van der Waals surface area contributed by atoms with Gasteiger partial charge in [0, 0.05) is 11.5 Å². The average Bonchev–Trinajstić information content (AvgIpc) is 2.69. The Bertz CT molecular complexity index is 1450. The van der Waals surface area contributed by atoms with Crippen LogP contribution < -0.4 is 9.30 Å². The first-order chi connectivity index (χ1) is 14.7. The number of aryl methyl sites for hydroxylation is 2.